The van der Waals surface area contributed by atoms with Crippen LogP contribution in [0.1, 0.15) is 38.3 Å². The molecule has 0 N–H and O–H groups in total. The average molecular weight is 238 g/mol. The monoisotopic (exact) mass is 238 g/mol. The predicted molar refractivity (Wildman–Crippen MR) is 65.9 cm³/mol. The summed E-state index contributed by atoms with van der Waals surface area (Å²) in [4.78, 5) is 0. The van der Waals surface area contributed by atoms with Crippen molar-refractivity contribution >= 4 is 12.6 Å². The SMILES string of the molecule is CCn1nc(C)cc1P(=O)(C1CC1)C1CC1. The molecule has 1 aromatic rings. The molecule has 0 saturated heterocycles. The summed E-state index contributed by atoms with van der Waals surface area (Å²) in [7, 11) is -2.13. The highest BCUT2D eigenvalue weighted by atomic mass is 31.2. The number of aromatic nitrogens is 2. The first kappa shape index (κ1) is 10.6. The highest BCUT2D eigenvalue weighted by Gasteiger charge is 2.53. The molecule has 2 fully saturated rings. The van der Waals surface area contributed by atoms with Gasteiger partial charge in [0.1, 0.15) is 7.14 Å². The van der Waals surface area contributed by atoms with Crippen LogP contribution in [0.15, 0.2) is 6.07 Å². The second kappa shape index (κ2) is 3.46. The van der Waals surface area contributed by atoms with E-state index in [0.717, 1.165) is 17.7 Å². The third-order valence-corrected chi connectivity index (χ3v) is 8.00. The number of rotatable bonds is 4. The van der Waals surface area contributed by atoms with Crippen LogP contribution in [0.25, 0.3) is 0 Å². The Kier molecular flexibility index (Phi) is 2.29. The molecule has 0 unspecified atom stereocenters. The van der Waals surface area contributed by atoms with Crippen LogP contribution in [0.4, 0.5) is 0 Å². The molecule has 3 nitrogen and oxygen atoms in total. The normalized spacial score (nSPS) is 21.4. The minimum atomic E-state index is -2.13. The van der Waals surface area contributed by atoms with Crippen molar-refractivity contribution in [3.05, 3.63) is 11.8 Å². The van der Waals surface area contributed by atoms with Gasteiger partial charge in [-0.1, -0.05) is 0 Å². The zero-order valence-electron chi connectivity index (χ0n) is 10.0. The minimum Gasteiger partial charge on any atom is -0.316 e. The van der Waals surface area contributed by atoms with Crippen LogP contribution in [0.3, 0.4) is 0 Å². The van der Waals surface area contributed by atoms with E-state index in [9.17, 15) is 4.57 Å². The lowest BCUT2D eigenvalue weighted by molar-refractivity contribution is 0.574. The first-order valence-electron chi connectivity index (χ1n) is 6.30. The third-order valence-electron chi connectivity index (χ3n) is 3.72. The molecule has 0 spiro atoms. The van der Waals surface area contributed by atoms with Crippen molar-refractivity contribution in [1.82, 2.24) is 9.78 Å². The van der Waals surface area contributed by atoms with E-state index in [1.807, 2.05) is 11.6 Å². The number of aryl methyl sites for hydroxylation is 2. The summed E-state index contributed by atoms with van der Waals surface area (Å²) >= 11 is 0. The maximum atomic E-state index is 13.3. The van der Waals surface area contributed by atoms with Crippen molar-refractivity contribution in [1.29, 1.82) is 0 Å². The number of hydrogen-bond acceptors (Lipinski definition) is 2. The zero-order chi connectivity index (χ0) is 11.3. The second-order valence-electron chi connectivity index (χ2n) is 5.13. The van der Waals surface area contributed by atoms with E-state index in [0.29, 0.717) is 11.3 Å². The molecular formula is C12H19N2OP. The molecule has 1 aromatic heterocycles. The van der Waals surface area contributed by atoms with Crippen LogP contribution in [0, 0.1) is 6.92 Å². The highest BCUT2D eigenvalue weighted by molar-refractivity contribution is 7.73. The molecule has 4 heteroatoms. The van der Waals surface area contributed by atoms with Gasteiger partial charge in [-0.25, -0.2) is 0 Å². The molecule has 2 aliphatic rings. The zero-order valence-corrected chi connectivity index (χ0v) is 10.9. The van der Waals surface area contributed by atoms with Crippen molar-refractivity contribution in [2.24, 2.45) is 0 Å². The summed E-state index contributed by atoms with van der Waals surface area (Å²) in [5, 5.41) is 4.46. The molecular weight excluding hydrogens is 219 g/mol. The van der Waals surface area contributed by atoms with Gasteiger partial charge in [-0.05, 0) is 45.6 Å². The summed E-state index contributed by atoms with van der Waals surface area (Å²) in [6.45, 7) is 4.92. The van der Waals surface area contributed by atoms with Crippen molar-refractivity contribution in [2.75, 3.05) is 0 Å². The molecule has 3 rings (SSSR count). The van der Waals surface area contributed by atoms with E-state index >= 15 is 0 Å². The van der Waals surface area contributed by atoms with Crippen LogP contribution in [0.5, 0.6) is 0 Å². The summed E-state index contributed by atoms with van der Waals surface area (Å²) in [5.41, 5.74) is 3.05. The van der Waals surface area contributed by atoms with Gasteiger partial charge in [-0.3, -0.25) is 4.68 Å². The molecule has 0 aliphatic heterocycles. The number of hydrogen-bond donors (Lipinski definition) is 0. The van der Waals surface area contributed by atoms with Gasteiger partial charge in [0.2, 0.25) is 0 Å². The minimum absolute atomic E-state index is 0.487. The molecule has 0 atom stereocenters. The van der Waals surface area contributed by atoms with E-state index < -0.39 is 7.14 Å². The Morgan fingerprint density at radius 3 is 2.38 bits per heavy atom. The highest BCUT2D eigenvalue weighted by Crippen LogP contribution is 2.69. The second-order valence-corrected chi connectivity index (χ2v) is 8.47. The van der Waals surface area contributed by atoms with E-state index in [1.54, 1.807) is 0 Å². The summed E-state index contributed by atoms with van der Waals surface area (Å²) in [5.74, 6) is 0. The summed E-state index contributed by atoms with van der Waals surface area (Å²) in [6, 6.07) is 2.07. The van der Waals surface area contributed by atoms with E-state index in [2.05, 4.69) is 18.1 Å². The van der Waals surface area contributed by atoms with Crippen molar-refractivity contribution < 1.29 is 4.57 Å². The first-order chi connectivity index (χ1) is 7.66. The Morgan fingerprint density at radius 1 is 1.38 bits per heavy atom. The fraction of sp³-hybridized carbons (Fsp3) is 0.750. The average Bonchev–Trinajstić information content (AvgIpc) is 3.13. The van der Waals surface area contributed by atoms with Crippen LogP contribution in [-0.4, -0.2) is 21.1 Å². The van der Waals surface area contributed by atoms with E-state index in [1.165, 1.54) is 25.7 Å². The molecule has 16 heavy (non-hydrogen) atoms. The van der Waals surface area contributed by atoms with Crippen LogP contribution >= 0.6 is 7.14 Å². The summed E-state index contributed by atoms with van der Waals surface area (Å²) < 4.78 is 15.3. The van der Waals surface area contributed by atoms with Gasteiger partial charge in [-0.2, -0.15) is 5.10 Å². The lowest BCUT2D eigenvalue weighted by atomic mass is 10.5. The summed E-state index contributed by atoms with van der Waals surface area (Å²) in [6.07, 6.45) is 4.67. The maximum Gasteiger partial charge on any atom is 0.138 e. The number of nitrogens with zero attached hydrogens (tertiary/aromatic N) is 2. The Bertz CT molecular complexity index is 442. The quantitative estimate of drug-likeness (QED) is 0.755. The van der Waals surface area contributed by atoms with E-state index in [4.69, 9.17) is 0 Å². The lowest BCUT2D eigenvalue weighted by Crippen LogP contribution is -2.22. The molecule has 2 aliphatic carbocycles. The molecule has 0 bridgehead atoms. The largest absolute Gasteiger partial charge is 0.316 e. The van der Waals surface area contributed by atoms with Gasteiger partial charge in [0.05, 0.1) is 11.1 Å². The van der Waals surface area contributed by atoms with Gasteiger partial charge in [-0.15, -0.1) is 0 Å². The van der Waals surface area contributed by atoms with Gasteiger partial charge in [0.25, 0.3) is 0 Å². The molecule has 2 saturated carbocycles. The van der Waals surface area contributed by atoms with Gasteiger partial charge in [0.15, 0.2) is 0 Å². The van der Waals surface area contributed by atoms with Crippen molar-refractivity contribution in [3.63, 3.8) is 0 Å². The topological polar surface area (TPSA) is 34.9 Å². The first-order valence-corrected chi connectivity index (χ1v) is 8.15. The predicted octanol–water partition coefficient (Wildman–Crippen LogP) is 2.52. The Morgan fingerprint density at radius 2 is 1.94 bits per heavy atom. The van der Waals surface area contributed by atoms with E-state index in [-0.39, 0.29) is 0 Å². The van der Waals surface area contributed by atoms with Gasteiger partial charge in [0, 0.05) is 17.9 Å². The third kappa shape index (κ3) is 1.48. The smallest absolute Gasteiger partial charge is 0.138 e. The maximum absolute atomic E-state index is 13.3. The van der Waals surface area contributed by atoms with Gasteiger partial charge >= 0.3 is 0 Å². The fourth-order valence-electron chi connectivity index (χ4n) is 2.63. The fourth-order valence-corrected chi connectivity index (χ4v) is 6.75. The molecule has 1 heterocycles. The Hall–Kier alpha value is -0.560. The van der Waals surface area contributed by atoms with Crippen LogP contribution in [0.2, 0.25) is 0 Å². The van der Waals surface area contributed by atoms with Crippen molar-refractivity contribution in [2.45, 2.75) is 57.4 Å². The van der Waals surface area contributed by atoms with Crippen LogP contribution < -0.4 is 5.44 Å². The molecule has 0 amide bonds. The van der Waals surface area contributed by atoms with Crippen LogP contribution in [-0.2, 0) is 11.1 Å². The van der Waals surface area contributed by atoms with Gasteiger partial charge < -0.3 is 4.57 Å². The molecule has 0 radical (unpaired) electrons. The molecule has 88 valence electrons. The lowest BCUT2D eigenvalue weighted by Gasteiger charge is -2.18. The molecule has 0 aromatic carbocycles. The Balaban J connectivity index is 2.07. The standard InChI is InChI=1S/C12H19N2OP/c1-3-14-12(8-9(2)13-14)16(15,10-4-5-10)11-6-7-11/h8,10-11H,3-7H2,1-2H3. The van der Waals surface area contributed by atoms with Crippen molar-refractivity contribution in [3.8, 4) is 0 Å². The Labute approximate surface area is 96.6 Å².